The Balaban J connectivity index is 1.60. The van der Waals surface area contributed by atoms with Gasteiger partial charge in [-0.3, -0.25) is 15.1 Å². The highest BCUT2D eigenvalue weighted by molar-refractivity contribution is 5.99. The minimum absolute atomic E-state index is 0.172. The summed E-state index contributed by atoms with van der Waals surface area (Å²) in [5, 5.41) is 9.64. The number of hydrogen-bond donors (Lipinski definition) is 3. The number of anilines is 2. The van der Waals surface area contributed by atoms with Crippen molar-refractivity contribution in [1.82, 2.24) is 19.7 Å². The van der Waals surface area contributed by atoms with E-state index >= 15 is 0 Å². The maximum absolute atomic E-state index is 13.0. The minimum Gasteiger partial charge on any atom is -0.308 e. The van der Waals surface area contributed by atoms with Crippen LogP contribution in [0, 0.1) is 12.7 Å². The van der Waals surface area contributed by atoms with Crippen molar-refractivity contribution < 1.29 is 9.18 Å². The van der Waals surface area contributed by atoms with Crippen LogP contribution in [0.3, 0.4) is 0 Å². The predicted molar refractivity (Wildman–Crippen MR) is 102 cm³/mol. The van der Waals surface area contributed by atoms with Crippen LogP contribution in [0.1, 0.15) is 29.8 Å². The van der Waals surface area contributed by atoms with Gasteiger partial charge in [0.05, 0.1) is 11.4 Å². The fourth-order valence-corrected chi connectivity index (χ4v) is 3.25. The topological polar surface area (TPSA) is 105 Å². The Hall–Kier alpha value is -3.49. The maximum Gasteiger partial charge on any atom is 0.324 e. The normalized spacial score (nSPS) is 13.1. The van der Waals surface area contributed by atoms with Gasteiger partial charge in [-0.2, -0.15) is 9.78 Å². The lowest BCUT2D eigenvalue weighted by molar-refractivity contribution is 0.262. The first kappa shape index (κ1) is 17.9. The molecule has 8 nitrogen and oxygen atoms in total. The molecule has 28 heavy (non-hydrogen) atoms. The molecule has 0 bridgehead atoms. The summed E-state index contributed by atoms with van der Waals surface area (Å²) in [5.41, 5.74) is 2.43. The number of H-pyrrole nitrogens is 1. The molecule has 0 aliphatic heterocycles. The highest BCUT2D eigenvalue weighted by Crippen LogP contribution is 2.19. The second-order valence-corrected chi connectivity index (χ2v) is 6.69. The van der Waals surface area contributed by atoms with Gasteiger partial charge in [0, 0.05) is 17.3 Å². The smallest absolute Gasteiger partial charge is 0.308 e. The lowest BCUT2D eigenvalue weighted by Crippen LogP contribution is -2.25. The lowest BCUT2D eigenvalue weighted by atomic mass is 9.97. The zero-order valence-electron chi connectivity index (χ0n) is 15.3. The van der Waals surface area contributed by atoms with Gasteiger partial charge in [-0.05, 0) is 56.9 Å². The van der Waals surface area contributed by atoms with Gasteiger partial charge in [0.2, 0.25) is 5.95 Å². The van der Waals surface area contributed by atoms with Crippen molar-refractivity contribution >= 4 is 17.5 Å². The third-order valence-corrected chi connectivity index (χ3v) is 4.55. The summed E-state index contributed by atoms with van der Waals surface area (Å²) in [6.45, 7) is 1.77. The van der Waals surface area contributed by atoms with Gasteiger partial charge in [-0.15, -0.1) is 0 Å². The molecule has 4 rings (SSSR count). The van der Waals surface area contributed by atoms with Gasteiger partial charge in [0.15, 0.2) is 0 Å². The van der Waals surface area contributed by atoms with Gasteiger partial charge in [-0.25, -0.2) is 14.2 Å². The Morgan fingerprint density at radius 1 is 1.18 bits per heavy atom. The molecule has 0 radical (unpaired) electrons. The van der Waals surface area contributed by atoms with Crippen molar-refractivity contribution in [2.24, 2.45) is 0 Å². The first-order valence-corrected chi connectivity index (χ1v) is 9.02. The van der Waals surface area contributed by atoms with Crippen LogP contribution in [0.25, 0.3) is 5.95 Å². The number of aromatic amines is 1. The zero-order valence-corrected chi connectivity index (χ0v) is 15.3. The summed E-state index contributed by atoms with van der Waals surface area (Å²) in [6.07, 6.45) is 3.45. The fourth-order valence-electron chi connectivity index (χ4n) is 3.25. The monoisotopic (exact) mass is 382 g/mol. The van der Waals surface area contributed by atoms with E-state index < -0.39 is 6.03 Å². The van der Waals surface area contributed by atoms with Crippen molar-refractivity contribution in [2.75, 3.05) is 10.6 Å². The lowest BCUT2D eigenvalue weighted by Gasteiger charge is -2.15. The molecule has 0 saturated heterocycles. The third-order valence-electron chi connectivity index (χ3n) is 4.55. The Morgan fingerprint density at radius 2 is 1.93 bits per heavy atom. The maximum atomic E-state index is 13.0. The van der Waals surface area contributed by atoms with E-state index in [1.807, 2.05) is 0 Å². The van der Waals surface area contributed by atoms with Gasteiger partial charge in [0.1, 0.15) is 11.6 Å². The molecule has 1 aliphatic carbocycles. The van der Waals surface area contributed by atoms with Crippen LogP contribution in [0.15, 0.2) is 35.1 Å². The minimum atomic E-state index is -0.520. The van der Waals surface area contributed by atoms with E-state index in [9.17, 15) is 14.0 Å². The molecule has 1 aliphatic rings. The molecule has 9 heteroatoms. The molecule has 144 valence electrons. The van der Waals surface area contributed by atoms with Crippen molar-refractivity contribution in [2.45, 2.75) is 32.6 Å². The summed E-state index contributed by atoms with van der Waals surface area (Å²) in [7, 11) is 0. The number of aryl methyl sites for hydroxylation is 2. The fraction of sp³-hybridized carbons (Fsp3) is 0.263. The van der Waals surface area contributed by atoms with Crippen LogP contribution in [-0.2, 0) is 12.8 Å². The molecule has 2 aromatic heterocycles. The molecule has 0 spiro atoms. The number of aromatic nitrogens is 4. The summed E-state index contributed by atoms with van der Waals surface area (Å²) in [5.74, 6) is 0.231. The molecule has 2 amide bonds. The van der Waals surface area contributed by atoms with E-state index in [0.717, 1.165) is 36.9 Å². The van der Waals surface area contributed by atoms with Gasteiger partial charge in [0.25, 0.3) is 5.56 Å². The summed E-state index contributed by atoms with van der Waals surface area (Å²) < 4.78 is 14.4. The van der Waals surface area contributed by atoms with Crippen molar-refractivity contribution in [3.63, 3.8) is 0 Å². The van der Waals surface area contributed by atoms with E-state index in [4.69, 9.17) is 0 Å². The number of amides is 2. The van der Waals surface area contributed by atoms with Crippen LogP contribution >= 0.6 is 0 Å². The van der Waals surface area contributed by atoms with E-state index in [1.54, 1.807) is 13.0 Å². The second-order valence-electron chi connectivity index (χ2n) is 6.69. The van der Waals surface area contributed by atoms with Crippen LogP contribution < -0.4 is 16.2 Å². The number of urea groups is 1. The summed E-state index contributed by atoms with van der Waals surface area (Å²) in [4.78, 5) is 32.0. The predicted octanol–water partition coefficient (Wildman–Crippen LogP) is 2.93. The average Bonchev–Trinajstić information content (AvgIpc) is 3.03. The Labute approximate surface area is 159 Å². The van der Waals surface area contributed by atoms with Crippen LogP contribution in [-0.4, -0.2) is 25.8 Å². The molecular weight excluding hydrogens is 363 g/mol. The number of fused-ring (bicyclic) bond motifs is 1. The number of nitrogens with one attached hydrogen (secondary N) is 3. The first-order chi connectivity index (χ1) is 13.5. The Kier molecular flexibility index (Phi) is 4.64. The highest BCUT2D eigenvalue weighted by Gasteiger charge is 2.19. The summed E-state index contributed by atoms with van der Waals surface area (Å²) >= 11 is 0. The molecule has 3 aromatic rings. The molecule has 2 heterocycles. The third kappa shape index (κ3) is 3.64. The van der Waals surface area contributed by atoms with E-state index in [0.29, 0.717) is 17.2 Å². The number of halogens is 1. The standard InChI is InChI=1S/C19H19FN6O2/c1-11-10-16(23-19(28)21-13-8-6-12(20)7-9-13)26(25-11)18-22-15-5-3-2-4-14(15)17(27)24-18/h6-10H,2-5H2,1H3,(H2,21,23,28)(H,22,24,27). The number of nitrogens with zero attached hydrogens (tertiary/aromatic N) is 3. The molecule has 0 atom stereocenters. The number of rotatable bonds is 3. The average molecular weight is 382 g/mol. The number of benzene rings is 1. The largest absolute Gasteiger partial charge is 0.324 e. The molecule has 0 fully saturated rings. The molecule has 1 aromatic carbocycles. The van der Waals surface area contributed by atoms with Crippen molar-refractivity contribution in [3.05, 3.63) is 63.5 Å². The SMILES string of the molecule is Cc1cc(NC(=O)Nc2ccc(F)cc2)n(-c2nc3c(c(=O)[nH]2)CCCC3)n1. The van der Waals surface area contributed by atoms with Crippen molar-refractivity contribution in [1.29, 1.82) is 0 Å². The second kappa shape index (κ2) is 7.26. The quantitative estimate of drug-likeness (QED) is 0.648. The number of carbonyl (C=O) groups excluding carboxylic acids is 1. The number of hydrogen-bond acceptors (Lipinski definition) is 4. The van der Waals surface area contributed by atoms with Crippen LogP contribution in [0.4, 0.5) is 20.7 Å². The van der Waals surface area contributed by atoms with Crippen LogP contribution in [0.2, 0.25) is 0 Å². The van der Waals surface area contributed by atoms with Crippen molar-refractivity contribution in [3.8, 4) is 5.95 Å². The van der Waals surface area contributed by atoms with Gasteiger partial charge >= 0.3 is 6.03 Å². The summed E-state index contributed by atoms with van der Waals surface area (Å²) in [6, 6.07) is 6.58. The van der Waals surface area contributed by atoms with Crippen LogP contribution in [0.5, 0.6) is 0 Å². The van der Waals surface area contributed by atoms with Gasteiger partial charge in [-0.1, -0.05) is 0 Å². The van der Waals surface area contributed by atoms with E-state index in [1.165, 1.54) is 28.9 Å². The molecule has 0 saturated carbocycles. The Bertz CT molecular complexity index is 1090. The zero-order chi connectivity index (χ0) is 19.7. The molecular formula is C19H19FN6O2. The highest BCUT2D eigenvalue weighted by atomic mass is 19.1. The number of carbonyl (C=O) groups is 1. The Morgan fingerprint density at radius 3 is 2.71 bits per heavy atom. The molecule has 0 unspecified atom stereocenters. The molecule has 3 N–H and O–H groups in total. The van der Waals surface area contributed by atoms with Gasteiger partial charge < -0.3 is 5.32 Å². The first-order valence-electron chi connectivity index (χ1n) is 9.02. The van der Waals surface area contributed by atoms with E-state index in [-0.39, 0.29) is 17.3 Å². The van der Waals surface area contributed by atoms with E-state index in [2.05, 4.69) is 25.7 Å².